The number of ether oxygens (including phenoxy) is 3. The number of hydrogen-bond donors (Lipinski definition) is 1. The van der Waals surface area contributed by atoms with Gasteiger partial charge in [0.05, 0.1) is 25.5 Å². The van der Waals surface area contributed by atoms with Crippen molar-refractivity contribution in [2.24, 2.45) is 0 Å². The van der Waals surface area contributed by atoms with Gasteiger partial charge >= 0.3 is 6.09 Å². The monoisotopic (exact) mass is 607 g/mol. The van der Waals surface area contributed by atoms with Gasteiger partial charge in [-0.15, -0.1) is 0 Å². The highest BCUT2D eigenvalue weighted by Crippen LogP contribution is 2.39. The van der Waals surface area contributed by atoms with Crippen molar-refractivity contribution >= 4 is 20.1 Å². The Labute approximate surface area is 256 Å². The molecule has 11 heteroatoms. The molecule has 0 spiro atoms. The highest BCUT2D eigenvalue weighted by atomic mass is 28.4. The molecule has 1 aliphatic heterocycles. The maximum atomic E-state index is 13.3. The summed E-state index contributed by atoms with van der Waals surface area (Å²) in [4.78, 5) is 28.6. The summed E-state index contributed by atoms with van der Waals surface area (Å²) in [5, 5.41) is 3.51. The minimum Gasteiger partial charge on any atom is -0.497 e. The van der Waals surface area contributed by atoms with Crippen LogP contribution in [-0.4, -0.2) is 72.2 Å². The first-order valence-electron chi connectivity index (χ1n) is 14.7. The number of nitrogens with one attached hydrogen (secondary N) is 1. The number of nitrogens with zero attached hydrogens (tertiary/aromatic N) is 4. The van der Waals surface area contributed by atoms with Gasteiger partial charge in [-0.25, -0.2) is 9.78 Å². The van der Waals surface area contributed by atoms with Crippen molar-refractivity contribution in [3.63, 3.8) is 0 Å². The van der Waals surface area contributed by atoms with E-state index in [0.717, 1.165) is 11.3 Å². The van der Waals surface area contributed by atoms with E-state index < -0.39 is 13.9 Å². The highest BCUT2D eigenvalue weighted by Gasteiger charge is 2.44. The van der Waals surface area contributed by atoms with Gasteiger partial charge in [-0.3, -0.25) is 4.98 Å². The molecular weight excluding hydrogens is 562 g/mol. The summed E-state index contributed by atoms with van der Waals surface area (Å²) >= 11 is 0. The molecule has 0 bridgehead atoms. The second kappa shape index (κ2) is 12.9. The van der Waals surface area contributed by atoms with Crippen molar-refractivity contribution in [3.05, 3.63) is 55.0 Å². The highest BCUT2D eigenvalue weighted by molar-refractivity contribution is 6.74. The molecule has 232 valence electrons. The number of amides is 1. The smallest absolute Gasteiger partial charge is 0.410 e. The standard InChI is InChI=1S/C32H45N5O5Si/c1-31(2,3)41-30(38)37-21-26(42-43(8,9)32(4,5)6)17-23(37)19-34-27-20-35-28(22-11-10-16-33-18-22)36-29(27)40-25-14-12-24(39-7)13-15-25/h10-16,18,20,23,26,34H,17,19,21H2,1-9H3. The molecule has 4 rings (SSSR count). The van der Waals surface area contributed by atoms with Gasteiger partial charge in [-0.2, -0.15) is 4.98 Å². The first-order chi connectivity index (χ1) is 20.1. The quantitative estimate of drug-likeness (QED) is 0.254. The Bertz CT molecular complexity index is 1370. The number of carbonyl (C=O) groups is 1. The lowest BCUT2D eigenvalue weighted by molar-refractivity contribution is 0.0218. The number of methoxy groups -OCH3 is 1. The number of benzene rings is 1. The first kappa shape index (κ1) is 32.2. The van der Waals surface area contributed by atoms with Gasteiger partial charge in [0.15, 0.2) is 14.1 Å². The summed E-state index contributed by atoms with van der Waals surface area (Å²) in [6.07, 6.45) is 5.36. The van der Waals surface area contributed by atoms with E-state index in [4.69, 9.17) is 23.6 Å². The number of hydrogen-bond acceptors (Lipinski definition) is 9. The summed E-state index contributed by atoms with van der Waals surface area (Å²) in [5.41, 5.74) is 0.760. The minimum atomic E-state index is -2.05. The zero-order valence-electron chi connectivity index (χ0n) is 26.8. The molecule has 2 aromatic heterocycles. The van der Waals surface area contributed by atoms with E-state index in [1.807, 2.05) is 57.2 Å². The molecule has 2 atom stereocenters. The van der Waals surface area contributed by atoms with E-state index in [9.17, 15) is 4.79 Å². The third-order valence-electron chi connectivity index (χ3n) is 7.75. The molecule has 1 N–H and O–H groups in total. The molecule has 1 aromatic carbocycles. The summed E-state index contributed by atoms with van der Waals surface area (Å²) in [6, 6.07) is 10.8. The van der Waals surface area contributed by atoms with E-state index in [0.29, 0.717) is 42.7 Å². The summed E-state index contributed by atoms with van der Waals surface area (Å²) in [6.45, 7) is 17.7. The van der Waals surface area contributed by atoms with Gasteiger partial charge in [0.1, 0.15) is 22.8 Å². The zero-order valence-corrected chi connectivity index (χ0v) is 27.8. The van der Waals surface area contributed by atoms with Crippen LogP contribution in [0.2, 0.25) is 18.1 Å². The summed E-state index contributed by atoms with van der Waals surface area (Å²) in [5.74, 6) is 2.16. The molecule has 43 heavy (non-hydrogen) atoms. The van der Waals surface area contributed by atoms with Crippen LogP contribution in [0.25, 0.3) is 11.4 Å². The Hall–Kier alpha value is -3.70. The molecule has 1 fully saturated rings. The number of carbonyl (C=O) groups excluding carboxylic acids is 1. The van der Waals surface area contributed by atoms with Crippen LogP contribution in [0.1, 0.15) is 48.0 Å². The van der Waals surface area contributed by atoms with Crippen LogP contribution in [0.5, 0.6) is 17.4 Å². The normalized spacial score (nSPS) is 17.5. The fourth-order valence-corrected chi connectivity index (χ4v) is 5.83. The lowest BCUT2D eigenvalue weighted by atomic mass is 10.2. The Kier molecular flexibility index (Phi) is 9.65. The minimum absolute atomic E-state index is 0.0567. The Morgan fingerprint density at radius 3 is 2.35 bits per heavy atom. The van der Waals surface area contributed by atoms with E-state index >= 15 is 0 Å². The fraction of sp³-hybridized carbons (Fsp3) is 0.500. The molecule has 2 unspecified atom stereocenters. The van der Waals surface area contributed by atoms with Crippen molar-refractivity contribution in [3.8, 4) is 28.8 Å². The van der Waals surface area contributed by atoms with E-state index in [2.05, 4.69) is 49.1 Å². The van der Waals surface area contributed by atoms with E-state index in [1.54, 1.807) is 30.6 Å². The molecule has 0 saturated carbocycles. The van der Waals surface area contributed by atoms with Crippen molar-refractivity contribution in [2.45, 2.75) is 83.8 Å². The Balaban J connectivity index is 1.59. The second-order valence-electron chi connectivity index (χ2n) is 13.3. The molecule has 0 aliphatic carbocycles. The molecule has 3 heterocycles. The van der Waals surface area contributed by atoms with Gasteiger partial charge in [-0.05, 0) is 81.7 Å². The maximum absolute atomic E-state index is 13.3. The average molecular weight is 608 g/mol. The number of anilines is 1. The van der Waals surface area contributed by atoms with E-state index in [1.165, 1.54) is 0 Å². The third-order valence-corrected chi connectivity index (χ3v) is 12.3. The molecule has 1 amide bonds. The predicted molar refractivity (Wildman–Crippen MR) is 170 cm³/mol. The second-order valence-corrected chi connectivity index (χ2v) is 18.1. The zero-order chi connectivity index (χ0) is 31.4. The van der Waals surface area contributed by atoms with Crippen LogP contribution in [-0.2, 0) is 9.16 Å². The lowest BCUT2D eigenvalue weighted by Gasteiger charge is -2.38. The predicted octanol–water partition coefficient (Wildman–Crippen LogP) is 7.15. The number of aromatic nitrogens is 3. The maximum Gasteiger partial charge on any atom is 0.410 e. The van der Waals surface area contributed by atoms with Crippen LogP contribution in [0.3, 0.4) is 0 Å². The average Bonchev–Trinajstić information content (AvgIpc) is 3.33. The number of rotatable bonds is 9. The van der Waals surface area contributed by atoms with Crippen LogP contribution in [0.15, 0.2) is 55.0 Å². The third kappa shape index (κ3) is 8.44. The molecule has 10 nitrogen and oxygen atoms in total. The van der Waals surface area contributed by atoms with Crippen molar-refractivity contribution in [2.75, 3.05) is 25.5 Å². The largest absolute Gasteiger partial charge is 0.497 e. The van der Waals surface area contributed by atoms with Gasteiger partial charge in [-0.1, -0.05) is 20.8 Å². The van der Waals surface area contributed by atoms with Crippen molar-refractivity contribution in [1.29, 1.82) is 0 Å². The van der Waals surface area contributed by atoms with Crippen molar-refractivity contribution in [1.82, 2.24) is 19.9 Å². The molecular formula is C32H45N5O5Si. The van der Waals surface area contributed by atoms with E-state index in [-0.39, 0.29) is 23.3 Å². The first-order valence-corrected chi connectivity index (χ1v) is 17.6. The van der Waals surface area contributed by atoms with Crippen LogP contribution in [0, 0.1) is 0 Å². The summed E-state index contributed by atoms with van der Waals surface area (Å²) < 4.78 is 24.0. The topological polar surface area (TPSA) is 108 Å². The van der Waals surface area contributed by atoms with Gasteiger partial charge < -0.3 is 28.9 Å². The summed E-state index contributed by atoms with van der Waals surface area (Å²) in [7, 11) is -0.430. The number of likely N-dealkylation sites (tertiary alicyclic amines) is 1. The fourth-order valence-electron chi connectivity index (χ4n) is 4.47. The van der Waals surface area contributed by atoms with Gasteiger partial charge in [0.25, 0.3) is 0 Å². The Morgan fingerprint density at radius 1 is 1.05 bits per heavy atom. The van der Waals surface area contributed by atoms with Crippen LogP contribution >= 0.6 is 0 Å². The molecule has 3 aromatic rings. The molecule has 0 radical (unpaired) electrons. The Morgan fingerprint density at radius 2 is 1.74 bits per heavy atom. The number of pyridine rings is 1. The van der Waals surface area contributed by atoms with Crippen LogP contribution < -0.4 is 14.8 Å². The SMILES string of the molecule is COc1ccc(Oc2nc(-c3cccnc3)ncc2NCC2CC(O[Si](C)(C)C(C)(C)C)CN2C(=O)OC(C)(C)C)cc1. The van der Waals surface area contributed by atoms with Gasteiger partial charge in [0.2, 0.25) is 5.88 Å². The van der Waals surface area contributed by atoms with Crippen molar-refractivity contribution < 1.29 is 23.4 Å². The molecule has 1 saturated heterocycles. The lowest BCUT2D eigenvalue weighted by Crippen LogP contribution is -2.45. The van der Waals surface area contributed by atoms with Crippen LogP contribution in [0.4, 0.5) is 10.5 Å². The van der Waals surface area contributed by atoms with Gasteiger partial charge in [0, 0.05) is 31.0 Å². The molecule has 1 aliphatic rings.